The minimum atomic E-state index is -3.25. The van der Waals surface area contributed by atoms with E-state index >= 15 is 0 Å². The molecule has 5 nitrogen and oxygen atoms in total. The van der Waals surface area contributed by atoms with Crippen LogP contribution in [0.25, 0.3) is 0 Å². The predicted octanol–water partition coefficient (Wildman–Crippen LogP) is 4.34. The van der Waals surface area contributed by atoms with Gasteiger partial charge in [-0.1, -0.05) is 29.3 Å². The molecule has 2 aromatic rings. The molecule has 1 fully saturated rings. The topological polar surface area (TPSA) is 63.7 Å². The lowest BCUT2D eigenvalue weighted by Gasteiger charge is -2.29. The third kappa shape index (κ3) is 5.25. The lowest BCUT2D eigenvalue weighted by Crippen LogP contribution is -2.43. The first kappa shape index (κ1) is 22.8. The maximum atomic E-state index is 14.3. The second-order valence-electron chi connectivity index (χ2n) is 7.44. The highest BCUT2D eigenvalue weighted by Gasteiger charge is 2.35. The summed E-state index contributed by atoms with van der Waals surface area (Å²) >= 11 is 12.3. The zero-order chi connectivity index (χ0) is 22.1. The minimum Gasteiger partial charge on any atom is -0.484 e. The molecule has 0 aromatic heterocycles. The molecule has 1 aliphatic rings. The molecule has 162 valence electrons. The molecule has 1 heterocycles. The summed E-state index contributed by atoms with van der Waals surface area (Å²) in [6.45, 7) is 3.22. The SMILES string of the molecule is Cc1cc(OCC(=O)N(Cc2c(F)cccc2Cl)[C@@H]2CCS(=O)(=O)C2)cc(C)c1Cl. The highest BCUT2D eigenvalue weighted by Crippen LogP contribution is 2.27. The van der Waals surface area contributed by atoms with Crippen molar-refractivity contribution in [1.29, 1.82) is 0 Å². The molecule has 1 saturated heterocycles. The molecule has 0 unspecified atom stereocenters. The Morgan fingerprint density at radius 2 is 1.90 bits per heavy atom. The van der Waals surface area contributed by atoms with Crippen LogP contribution in [0.15, 0.2) is 30.3 Å². The Morgan fingerprint density at radius 3 is 2.47 bits per heavy atom. The fraction of sp³-hybridized carbons (Fsp3) is 0.381. The summed E-state index contributed by atoms with van der Waals surface area (Å²) < 4.78 is 43.9. The van der Waals surface area contributed by atoms with Crippen LogP contribution in [0.5, 0.6) is 5.75 Å². The van der Waals surface area contributed by atoms with Gasteiger partial charge >= 0.3 is 0 Å². The summed E-state index contributed by atoms with van der Waals surface area (Å²) in [6.07, 6.45) is 0.291. The van der Waals surface area contributed by atoms with Crippen LogP contribution >= 0.6 is 23.2 Å². The average molecular weight is 474 g/mol. The number of benzene rings is 2. The second kappa shape index (κ2) is 9.12. The highest BCUT2D eigenvalue weighted by atomic mass is 35.5. The van der Waals surface area contributed by atoms with Gasteiger partial charge in [-0.3, -0.25) is 4.79 Å². The minimum absolute atomic E-state index is 0.0110. The van der Waals surface area contributed by atoms with Gasteiger partial charge in [0, 0.05) is 21.7 Å². The molecule has 30 heavy (non-hydrogen) atoms. The zero-order valence-corrected chi connectivity index (χ0v) is 19.0. The van der Waals surface area contributed by atoms with Gasteiger partial charge in [-0.05, 0) is 55.7 Å². The Morgan fingerprint density at radius 1 is 1.23 bits per heavy atom. The smallest absolute Gasteiger partial charge is 0.261 e. The van der Waals surface area contributed by atoms with Gasteiger partial charge in [0.2, 0.25) is 0 Å². The molecule has 0 saturated carbocycles. The van der Waals surface area contributed by atoms with Gasteiger partial charge in [0.15, 0.2) is 16.4 Å². The van der Waals surface area contributed by atoms with E-state index in [2.05, 4.69) is 0 Å². The van der Waals surface area contributed by atoms with Crippen molar-refractivity contribution >= 4 is 38.9 Å². The zero-order valence-electron chi connectivity index (χ0n) is 16.6. The fourth-order valence-electron chi connectivity index (χ4n) is 3.51. The number of rotatable bonds is 6. The lowest BCUT2D eigenvalue weighted by atomic mass is 10.1. The number of hydrogen-bond donors (Lipinski definition) is 0. The van der Waals surface area contributed by atoms with Crippen LogP contribution in [0, 0.1) is 19.7 Å². The Labute approximate surface area is 185 Å². The van der Waals surface area contributed by atoms with Gasteiger partial charge in [0.1, 0.15) is 11.6 Å². The van der Waals surface area contributed by atoms with Crippen molar-refractivity contribution in [2.75, 3.05) is 18.1 Å². The Hall–Kier alpha value is -1.83. The fourth-order valence-corrected chi connectivity index (χ4v) is 5.58. The first-order valence-electron chi connectivity index (χ1n) is 9.39. The highest BCUT2D eigenvalue weighted by molar-refractivity contribution is 7.91. The predicted molar refractivity (Wildman–Crippen MR) is 115 cm³/mol. The molecule has 1 atom stereocenters. The van der Waals surface area contributed by atoms with Crippen LogP contribution in [0.4, 0.5) is 4.39 Å². The number of halogens is 3. The number of amides is 1. The second-order valence-corrected chi connectivity index (χ2v) is 10.5. The van der Waals surface area contributed by atoms with Crippen molar-refractivity contribution in [3.8, 4) is 5.75 Å². The largest absolute Gasteiger partial charge is 0.484 e. The summed E-state index contributed by atoms with van der Waals surface area (Å²) in [5.74, 6) is -0.689. The number of ether oxygens (including phenoxy) is 1. The van der Waals surface area contributed by atoms with Crippen molar-refractivity contribution < 1.29 is 22.3 Å². The van der Waals surface area contributed by atoms with Crippen LogP contribution in [-0.2, 0) is 21.2 Å². The number of carbonyl (C=O) groups is 1. The maximum Gasteiger partial charge on any atom is 0.261 e. The normalized spacial score (nSPS) is 17.7. The van der Waals surface area contributed by atoms with Gasteiger partial charge in [0.05, 0.1) is 18.1 Å². The first-order chi connectivity index (χ1) is 14.1. The van der Waals surface area contributed by atoms with Crippen molar-refractivity contribution in [2.45, 2.75) is 32.9 Å². The van der Waals surface area contributed by atoms with E-state index in [1.165, 1.54) is 23.1 Å². The Kier molecular flexibility index (Phi) is 6.95. The monoisotopic (exact) mass is 473 g/mol. The number of aryl methyl sites for hydroxylation is 2. The molecule has 9 heteroatoms. The summed E-state index contributed by atoms with van der Waals surface area (Å²) in [7, 11) is -3.25. The first-order valence-corrected chi connectivity index (χ1v) is 12.0. The van der Waals surface area contributed by atoms with Crippen LogP contribution < -0.4 is 4.74 Å². The molecule has 0 aliphatic carbocycles. The number of hydrogen-bond acceptors (Lipinski definition) is 4. The van der Waals surface area contributed by atoms with Crippen LogP contribution in [0.3, 0.4) is 0 Å². The standard InChI is InChI=1S/C21H22Cl2FNO4S/c1-13-8-16(9-14(2)21(13)23)29-11-20(26)25(15-6-7-30(27,28)12-15)10-17-18(22)4-3-5-19(17)24/h3-5,8-9,15H,6-7,10-12H2,1-2H3/t15-/m1/s1. The molecular formula is C21H22Cl2FNO4S. The number of sulfone groups is 1. The summed E-state index contributed by atoms with van der Waals surface area (Å²) in [5.41, 5.74) is 1.78. The molecular weight excluding hydrogens is 452 g/mol. The lowest BCUT2D eigenvalue weighted by molar-refractivity contribution is -0.136. The number of carbonyl (C=O) groups excluding carboxylic acids is 1. The maximum absolute atomic E-state index is 14.3. The van der Waals surface area contributed by atoms with Crippen LogP contribution in [0.2, 0.25) is 10.0 Å². The molecule has 3 rings (SSSR count). The van der Waals surface area contributed by atoms with E-state index in [4.69, 9.17) is 27.9 Å². The third-order valence-electron chi connectivity index (χ3n) is 5.13. The van der Waals surface area contributed by atoms with Gasteiger partial charge in [0.25, 0.3) is 5.91 Å². The van der Waals surface area contributed by atoms with E-state index in [1.807, 2.05) is 13.8 Å². The quantitative estimate of drug-likeness (QED) is 0.625. The van der Waals surface area contributed by atoms with Gasteiger partial charge in [-0.25, -0.2) is 12.8 Å². The van der Waals surface area contributed by atoms with E-state index < -0.39 is 27.6 Å². The average Bonchev–Trinajstić information content (AvgIpc) is 3.03. The van der Waals surface area contributed by atoms with E-state index in [0.717, 1.165) is 11.1 Å². The van der Waals surface area contributed by atoms with E-state index in [-0.39, 0.29) is 35.2 Å². The summed E-state index contributed by atoms with van der Waals surface area (Å²) in [6, 6.07) is 7.15. The van der Waals surface area contributed by atoms with Crippen molar-refractivity contribution in [3.05, 3.63) is 62.9 Å². The van der Waals surface area contributed by atoms with Gasteiger partial charge in [-0.2, -0.15) is 0 Å². The van der Waals surface area contributed by atoms with E-state index in [0.29, 0.717) is 17.2 Å². The van der Waals surface area contributed by atoms with Crippen LogP contribution in [-0.4, -0.2) is 43.4 Å². The van der Waals surface area contributed by atoms with E-state index in [1.54, 1.807) is 12.1 Å². The molecule has 0 spiro atoms. The molecule has 1 amide bonds. The van der Waals surface area contributed by atoms with Gasteiger partial charge < -0.3 is 9.64 Å². The summed E-state index contributed by atoms with van der Waals surface area (Å²) in [5, 5.41) is 0.805. The Bertz CT molecular complexity index is 1030. The van der Waals surface area contributed by atoms with Crippen molar-refractivity contribution in [1.82, 2.24) is 4.90 Å². The van der Waals surface area contributed by atoms with Crippen LogP contribution in [0.1, 0.15) is 23.1 Å². The molecule has 0 N–H and O–H groups in total. The van der Waals surface area contributed by atoms with Gasteiger partial charge in [-0.15, -0.1) is 0 Å². The number of nitrogens with zero attached hydrogens (tertiary/aromatic N) is 1. The molecule has 2 aromatic carbocycles. The molecule has 0 radical (unpaired) electrons. The van der Waals surface area contributed by atoms with E-state index in [9.17, 15) is 17.6 Å². The third-order valence-corrected chi connectivity index (χ3v) is 7.83. The van der Waals surface area contributed by atoms with Crippen molar-refractivity contribution in [2.24, 2.45) is 0 Å². The molecule has 1 aliphatic heterocycles. The Balaban J connectivity index is 1.81. The van der Waals surface area contributed by atoms with Crippen molar-refractivity contribution in [3.63, 3.8) is 0 Å². The molecule has 0 bridgehead atoms. The summed E-state index contributed by atoms with van der Waals surface area (Å²) in [4.78, 5) is 14.3.